The predicted octanol–water partition coefficient (Wildman–Crippen LogP) is 2.98. The van der Waals surface area contributed by atoms with E-state index in [1.165, 1.54) is 0 Å². The van der Waals surface area contributed by atoms with Gasteiger partial charge in [0.1, 0.15) is 0 Å². The van der Waals surface area contributed by atoms with Crippen molar-refractivity contribution in [3.63, 3.8) is 0 Å². The normalized spacial score (nSPS) is 12.1. The van der Waals surface area contributed by atoms with Crippen molar-refractivity contribution in [2.45, 2.75) is 19.8 Å². The van der Waals surface area contributed by atoms with Gasteiger partial charge in [-0.25, -0.2) is 0 Å². The molecule has 0 saturated heterocycles. The van der Waals surface area contributed by atoms with Gasteiger partial charge in [-0.15, -0.1) is 0 Å². The summed E-state index contributed by atoms with van der Waals surface area (Å²) >= 11 is 0. The highest BCUT2D eigenvalue weighted by Gasteiger charge is 1.95. The van der Waals surface area contributed by atoms with Crippen molar-refractivity contribution in [3.05, 3.63) is 49.0 Å². The van der Waals surface area contributed by atoms with E-state index in [1.54, 1.807) is 0 Å². The van der Waals surface area contributed by atoms with Gasteiger partial charge in [0.2, 0.25) is 0 Å². The van der Waals surface area contributed by atoms with Gasteiger partial charge in [0.15, 0.2) is 0 Å². The van der Waals surface area contributed by atoms with Gasteiger partial charge in [0.25, 0.3) is 0 Å². The minimum atomic E-state index is 0.622. The SMILES string of the molecule is C=CN(C)CC=C(COCC/C=C\C/C=C\N(C)CC)NC. The molecule has 0 aliphatic rings. The lowest BCUT2D eigenvalue weighted by Crippen LogP contribution is -2.17. The summed E-state index contributed by atoms with van der Waals surface area (Å²) < 4.78 is 5.66. The molecule has 0 atom stereocenters. The number of allylic oxidation sites excluding steroid dienone is 2. The molecule has 0 saturated carbocycles. The second-order valence-corrected chi connectivity index (χ2v) is 5.11. The van der Waals surface area contributed by atoms with E-state index in [1.807, 2.05) is 25.2 Å². The van der Waals surface area contributed by atoms with Gasteiger partial charge in [-0.2, -0.15) is 0 Å². The highest BCUT2D eigenvalue weighted by atomic mass is 16.5. The molecular weight excluding hydrogens is 274 g/mol. The van der Waals surface area contributed by atoms with Crippen LogP contribution in [0.25, 0.3) is 0 Å². The fourth-order valence-corrected chi connectivity index (χ4v) is 1.53. The summed E-state index contributed by atoms with van der Waals surface area (Å²) in [5.41, 5.74) is 1.10. The zero-order chi connectivity index (χ0) is 16.6. The van der Waals surface area contributed by atoms with Crippen LogP contribution in [-0.4, -0.2) is 57.2 Å². The predicted molar refractivity (Wildman–Crippen MR) is 96.6 cm³/mol. The van der Waals surface area contributed by atoms with E-state index in [4.69, 9.17) is 4.74 Å². The molecule has 126 valence electrons. The molecule has 1 N–H and O–H groups in total. The van der Waals surface area contributed by atoms with E-state index >= 15 is 0 Å². The molecule has 0 spiro atoms. The fourth-order valence-electron chi connectivity index (χ4n) is 1.53. The summed E-state index contributed by atoms with van der Waals surface area (Å²) in [6.45, 7) is 9.10. The summed E-state index contributed by atoms with van der Waals surface area (Å²) in [4.78, 5) is 4.18. The molecule has 22 heavy (non-hydrogen) atoms. The largest absolute Gasteiger partial charge is 0.390 e. The van der Waals surface area contributed by atoms with Crippen LogP contribution in [0.3, 0.4) is 0 Å². The van der Waals surface area contributed by atoms with Crippen molar-refractivity contribution < 1.29 is 4.74 Å². The van der Waals surface area contributed by atoms with Crippen molar-refractivity contribution in [2.24, 2.45) is 0 Å². The monoisotopic (exact) mass is 307 g/mol. The van der Waals surface area contributed by atoms with Crippen molar-refractivity contribution >= 4 is 0 Å². The van der Waals surface area contributed by atoms with Crippen molar-refractivity contribution in [2.75, 3.05) is 47.4 Å². The molecule has 4 nitrogen and oxygen atoms in total. The first-order valence-corrected chi connectivity index (χ1v) is 7.93. The van der Waals surface area contributed by atoms with E-state index < -0.39 is 0 Å². The zero-order valence-corrected chi connectivity index (χ0v) is 14.7. The van der Waals surface area contributed by atoms with Crippen molar-refractivity contribution in [1.29, 1.82) is 0 Å². The van der Waals surface area contributed by atoms with E-state index in [0.29, 0.717) is 6.61 Å². The molecule has 0 fully saturated rings. The van der Waals surface area contributed by atoms with Crippen LogP contribution in [0.4, 0.5) is 0 Å². The minimum absolute atomic E-state index is 0.622. The number of likely N-dealkylation sites (N-methyl/N-ethyl adjacent to an activating group) is 2. The molecule has 0 unspecified atom stereocenters. The summed E-state index contributed by atoms with van der Waals surface area (Å²) in [6.07, 6.45) is 14.5. The average molecular weight is 307 g/mol. The quantitative estimate of drug-likeness (QED) is 0.418. The van der Waals surface area contributed by atoms with E-state index in [-0.39, 0.29) is 0 Å². The summed E-state index contributed by atoms with van der Waals surface area (Å²) in [5, 5.41) is 3.16. The Morgan fingerprint density at radius 2 is 1.95 bits per heavy atom. The molecule has 0 aromatic heterocycles. The maximum atomic E-state index is 5.66. The smallest absolute Gasteiger partial charge is 0.0859 e. The third-order valence-electron chi connectivity index (χ3n) is 3.24. The van der Waals surface area contributed by atoms with Crippen LogP contribution in [0.5, 0.6) is 0 Å². The Balaban J connectivity index is 3.73. The number of ether oxygens (including phenoxy) is 1. The molecule has 0 aromatic carbocycles. The molecule has 0 bridgehead atoms. The Labute approximate surface area is 136 Å². The lowest BCUT2D eigenvalue weighted by molar-refractivity contribution is 0.157. The highest BCUT2D eigenvalue weighted by Crippen LogP contribution is 1.96. The second kappa shape index (κ2) is 14.3. The number of nitrogens with zero attached hydrogens (tertiary/aromatic N) is 2. The number of nitrogens with one attached hydrogen (secondary N) is 1. The van der Waals surface area contributed by atoms with E-state index in [0.717, 1.165) is 38.2 Å². The third-order valence-corrected chi connectivity index (χ3v) is 3.24. The van der Waals surface area contributed by atoms with Crippen LogP contribution in [-0.2, 0) is 4.74 Å². The first-order valence-electron chi connectivity index (χ1n) is 7.93. The molecular formula is C18H33N3O. The Hall–Kier alpha value is -1.68. The third kappa shape index (κ3) is 12.1. The molecule has 0 aliphatic carbocycles. The molecule has 0 radical (unpaired) electrons. The van der Waals surface area contributed by atoms with Gasteiger partial charge in [0.05, 0.1) is 13.2 Å². The van der Waals surface area contributed by atoms with Crippen LogP contribution in [0, 0.1) is 0 Å². The van der Waals surface area contributed by atoms with Crippen LogP contribution in [0.2, 0.25) is 0 Å². The van der Waals surface area contributed by atoms with Gasteiger partial charge in [-0.1, -0.05) is 24.8 Å². The lowest BCUT2D eigenvalue weighted by Gasteiger charge is -2.12. The van der Waals surface area contributed by atoms with Gasteiger partial charge in [0, 0.05) is 39.9 Å². The average Bonchev–Trinajstić information content (AvgIpc) is 2.55. The van der Waals surface area contributed by atoms with Gasteiger partial charge >= 0.3 is 0 Å². The maximum Gasteiger partial charge on any atom is 0.0859 e. The van der Waals surface area contributed by atoms with Gasteiger partial charge in [-0.05, 0) is 38.2 Å². The van der Waals surface area contributed by atoms with Crippen LogP contribution in [0.1, 0.15) is 19.8 Å². The number of rotatable bonds is 13. The Kier molecular flexibility index (Phi) is 13.2. The Morgan fingerprint density at radius 3 is 2.59 bits per heavy atom. The van der Waals surface area contributed by atoms with Gasteiger partial charge in [-0.3, -0.25) is 0 Å². The molecule has 0 rings (SSSR count). The van der Waals surface area contributed by atoms with Crippen molar-refractivity contribution in [3.8, 4) is 0 Å². The highest BCUT2D eigenvalue weighted by molar-refractivity contribution is 5.01. The van der Waals surface area contributed by atoms with E-state index in [9.17, 15) is 0 Å². The fraction of sp³-hybridized carbons (Fsp3) is 0.556. The Morgan fingerprint density at radius 1 is 1.18 bits per heavy atom. The summed E-state index contributed by atoms with van der Waals surface area (Å²) in [6, 6.07) is 0. The second-order valence-electron chi connectivity index (χ2n) is 5.11. The first kappa shape index (κ1) is 20.3. The molecule has 0 amide bonds. The van der Waals surface area contributed by atoms with E-state index in [2.05, 4.69) is 61.3 Å². The van der Waals surface area contributed by atoms with Crippen LogP contribution in [0.15, 0.2) is 49.0 Å². The molecule has 0 aliphatic heterocycles. The zero-order valence-electron chi connectivity index (χ0n) is 14.7. The van der Waals surface area contributed by atoms with Crippen LogP contribution >= 0.6 is 0 Å². The minimum Gasteiger partial charge on any atom is -0.390 e. The molecule has 0 aromatic rings. The summed E-state index contributed by atoms with van der Waals surface area (Å²) in [5.74, 6) is 0. The Bertz CT molecular complexity index is 361. The van der Waals surface area contributed by atoms with Gasteiger partial charge < -0.3 is 19.9 Å². The van der Waals surface area contributed by atoms with Crippen molar-refractivity contribution in [1.82, 2.24) is 15.1 Å². The summed E-state index contributed by atoms with van der Waals surface area (Å²) in [7, 11) is 5.99. The molecule has 0 heterocycles. The van der Waals surface area contributed by atoms with Crippen LogP contribution < -0.4 is 5.32 Å². The molecule has 4 heteroatoms. The number of hydrogen-bond donors (Lipinski definition) is 1. The number of hydrogen-bond acceptors (Lipinski definition) is 4. The standard InChI is InChI=1S/C18H33N3O/c1-6-20(4)14-11-9-8-10-12-16-22-17-18(19-3)13-15-21(5)7-2/h7-8,10-11,13-14,19H,2,6,9,12,15-17H2,1,3-5H3/b10-8-,14-11-,18-13?. The topological polar surface area (TPSA) is 27.7 Å². The lowest BCUT2D eigenvalue weighted by atomic mass is 10.3. The maximum absolute atomic E-state index is 5.66. The first-order chi connectivity index (χ1) is 10.6.